The Morgan fingerprint density at radius 3 is 1.55 bits per heavy atom. The fourth-order valence-corrected chi connectivity index (χ4v) is 7.12. The summed E-state index contributed by atoms with van der Waals surface area (Å²) in [4.78, 5) is 12.8. The van der Waals surface area contributed by atoms with Crippen LogP contribution in [0.1, 0.15) is 194 Å². The number of unbranched alkanes of at least 4 members (excludes halogenated alkanes) is 20. The molecule has 60 heavy (non-hydrogen) atoms. The van der Waals surface area contributed by atoms with Crippen LogP contribution in [-0.4, -0.2) is 89.6 Å². The third-order valence-corrected chi connectivity index (χ3v) is 10.9. The Labute approximate surface area is 366 Å². The predicted molar refractivity (Wildman–Crippen MR) is 247 cm³/mol. The van der Waals surface area contributed by atoms with Gasteiger partial charge in [0.15, 0.2) is 6.29 Å². The largest absolute Gasteiger partial charge is 0.457 e. The van der Waals surface area contributed by atoms with E-state index in [-0.39, 0.29) is 19.2 Å². The van der Waals surface area contributed by atoms with Gasteiger partial charge in [-0.15, -0.1) is 0 Å². The second kappa shape index (κ2) is 42.2. The van der Waals surface area contributed by atoms with Gasteiger partial charge in [0, 0.05) is 13.0 Å². The zero-order chi connectivity index (χ0) is 43.6. The molecule has 0 spiro atoms. The number of aliphatic hydroxyl groups excluding tert-OH is 4. The van der Waals surface area contributed by atoms with Crippen molar-refractivity contribution in [3.8, 4) is 0 Å². The standard InChI is InChI=1S/C51H90O9/c1-3-5-7-9-11-13-15-17-19-21-22-23-24-25-26-28-30-32-34-36-38-40-47(53)59-45(44-58-51-50(56)49(55)48(54)46(42-52)60-51)43-57-41-39-37-35-33-31-29-27-20-18-16-14-12-10-8-6-4-2/h6,8,12,14,18,20-22,29,31,45-46,48-52,54-56H,3-5,7,9-11,13,15-17,19,23-28,30,32-44H2,1-2H3/b8-6-,14-12-,20-18-,22-21-,31-29-. The van der Waals surface area contributed by atoms with E-state index in [0.29, 0.717) is 13.0 Å². The van der Waals surface area contributed by atoms with E-state index >= 15 is 0 Å². The summed E-state index contributed by atoms with van der Waals surface area (Å²) in [6.45, 7) is 4.37. The van der Waals surface area contributed by atoms with Crippen LogP contribution in [0.2, 0.25) is 0 Å². The van der Waals surface area contributed by atoms with Crippen LogP contribution in [0.5, 0.6) is 0 Å². The lowest BCUT2D eigenvalue weighted by Crippen LogP contribution is -2.59. The van der Waals surface area contributed by atoms with Gasteiger partial charge in [0.1, 0.15) is 30.5 Å². The Hall–Kier alpha value is -2.11. The Balaban J connectivity index is 2.25. The van der Waals surface area contributed by atoms with Crippen LogP contribution in [0.15, 0.2) is 60.8 Å². The highest BCUT2D eigenvalue weighted by Crippen LogP contribution is 2.22. The smallest absolute Gasteiger partial charge is 0.306 e. The van der Waals surface area contributed by atoms with Gasteiger partial charge < -0.3 is 39.4 Å². The molecule has 6 unspecified atom stereocenters. The zero-order valence-corrected chi connectivity index (χ0v) is 38.2. The number of hydrogen-bond acceptors (Lipinski definition) is 9. The average molecular weight is 847 g/mol. The molecular weight excluding hydrogens is 757 g/mol. The van der Waals surface area contributed by atoms with Gasteiger partial charge >= 0.3 is 5.97 Å². The van der Waals surface area contributed by atoms with E-state index in [0.717, 1.165) is 70.6 Å². The minimum Gasteiger partial charge on any atom is -0.457 e. The highest BCUT2D eigenvalue weighted by Gasteiger charge is 2.44. The van der Waals surface area contributed by atoms with Crippen molar-refractivity contribution in [2.45, 2.75) is 230 Å². The molecule has 348 valence electrons. The molecule has 0 aromatic heterocycles. The number of rotatable bonds is 41. The monoisotopic (exact) mass is 847 g/mol. The molecule has 0 saturated carbocycles. The summed E-state index contributed by atoms with van der Waals surface area (Å²) in [7, 11) is 0. The van der Waals surface area contributed by atoms with Crippen LogP contribution in [0, 0.1) is 0 Å². The van der Waals surface area contributed by atoms with E-state index in [4.69, 9.17) is 18.9 Å². The van der Waals surface area contributed by atoms with Crippen LogP contribution in [0.3, 0.4) is 0 Å². The molecule has 1 heterocycles. The predicted octanol–water partition coefficient (Wildman–Crippen LogP) is 11.5. The lowest BCUT2D eigenvalue weighted by Gasteiger charge is -2.39. The molecule has 1 saturated heterocycles. The third kappa shape index (κ3) is 32.6. The summed E-state index contributed by atoms with van der Waals surface area (Å²) in [6.07, 6.45) is 46.8. The fraction of sp³-hybridized carbons (Fsp3) is 0.784. The number of esters is 1. The summed E-state index contributed by atoms with van der Waals surface area (Å²) in [5.41, 5.74) is 0. The lowest BCUT2D eigenvalue weighted by atomic mass is 9.99. The molecular formula is C51H90O9. The number of carbonyl (C=O) groups excluding carboxylic acids is 1. The van der Waals surface area contributed by atoms with E-state index in [2.05, 4.69) is 74.6 Å². The van der Waals surface area contributed by atoms with E-state index in [9.17, 15) is 25.2 Å². The SMILES string of the molecule is CC/C=C\C/C=C\C/C=C\C/C=C\CCCCCOCC(COC1OC(CO)C(O)C(O)C1O)OC(=O)CCCCCCCCCCC/C=C\CCCCCCCCCC. The summed E-state index contributed by atoms with van der Waals surface area (Å²) in [5, 5.41) is 40.2. The Kier molecular flexibility index (Phi) is 39.3. The van der Waals surface area contributed by atoms with E-state index < -0.39 is 43.4 Å². The van der Waals surface area contributed by atoms with Crippen molar-refractivity contribution in [3.05, 3.63) is 60.8 Å². The molecule has 9 nitrogen and oxygen atoms in total. The first kappa shape index (κ1) is 55.9. The van der Waals surface area contributed by atoms with Crippen LogP contribution >= 0.6 is 0 Å². The zero-order valence-electron chi connectivity index (χ0n) is 38.2. The first-order valence-electron chi connectivity index (χ1n) is 24.4. The molecule has 1 fully saturated rings. The first-order valence-corrected chi connectivity index (χ1v) is 24.4. The van der Waals surface area contributed by atoms with Crippen LogP contribution in [0.25, 0.3) is 0 Å². The van der Waals surface area contributed by atoms with Gasteiger partial charge in [-0.2, -0.15) is 0 Å². The van der Waals surface area contributed by atoms with Crippen molar-refractivity contribution in [1.82, 2.24) is 0 Å². The van der Waals surface area contributed by atoms with Gasteiger partial charge in [-0.3, -0.25) is 4.79 Å². The van der Waals surface area contributed by atoms with Crippen molar-refractivity contribution in [1.29, 1.82) is 0 Å². The highest BCUT2D eigenvalue weighted by atomic mass is 16.7. The maximum absolute atomic E-state index is 12.8. The van der Waals surface area contributed by atoms with Gasteiger partial charge in [-0.1, -0.05) is 171 Å². The van der Waals surface area contributed by atoms with Gasteiger partial charge in [-0.25, -0.2) is 0 Å². The Bertz CT molecular complexity index is 1100. The van der Waals surface area contributed by atoms with Gasteiger partial charge in [0.25, 0.3) is 0 Å². The van der Waals surface area contributed by atoms with E-state index in [1.165, 1.54) is 103 Å². The summed E-state index contributed by atoms with van der Waals surface area (Å²) >= 11 is 0. The van der Waals surface area contributed by atoms with Gasteiger partial charge in [-0.05, 0) is 77.0 Å². The quantitative estimate of drug-likeness (QED) is 0.0269. The fourth-order valence-electron chi connectivity index (χ4n) is 7.12. The Morgan fingerprint density at radius 2 is 1.02 bits per heavy atom. The van der Waals surface area contributed by atoms with Crippen molar-refractivity contribution in [2.75, 3.05) is 26.4 Å². The van der Waals surface area contributed by atoms with Crippen molar-refractivity contribution in [2.24, 2.45) is 0 Å². The molecule has 1 aliphatic rings. The summed E-state index contributed by atoms with van der Waals surface area (Å²) < 4.78 is 22.8. The molecule has 0 amide bonds. The molecule has 0 aromatic rings. The molecule has 1 aliphatic heterocycles. The minimum atomic E-state index is -1.55. The second-order valence-corrected chi connectivity index (χ2v) is 16.5. The number of allylic oxidation sites excluding steroid dienone is 10. The lowest BCUT2D eigenvalue weighted by molar-refractivity contribution is -0.305. The topological polar surface area (TPSA) is 135 Å². The molecule has 0 radical (unpaired) electrons. The molecule has 0 aliphatic carbocycles. The first-order chi connectivity index (χ1) is 29.4. The second-order valence-electron chi connectivity index (χ2n) is 16.5. The summed E-state index contributed by atoms with van der Waals surface area (Å²) in [5.74, 6) is -0.328. The van der Waals surface area contributed by atoms with Crippen molar-refractivity contribution in [3.63, 3.8) is 0 Å². The van der Waals surface area contributed by atoms with Crippen LogP contribution in [0.4, 0.5) is 0 Å². The summed E-state index contributed by atoms with van der Waals surface area (Å²) in [6, 6.07) is 0. The van der Waals surface area contributed by atoms with Gasteiger partial charge in [0.2, 0.25) is 0 Å². The maximum Gasteiger partial charge on any atom is 0.306 e. The molecule has 0 bridgehead atoms. The van der Waals surface area contributed by atoms with Crippen LogP contribution in [-0.2, 0) is 23.7 Å². The minimum absolute atomic E-state index is 0.121. The average Bonchev–Trinajstić information content (AvgIpc) is 3.25. The molecule has 1 rings (SSSR count). The van der Waals surface area contributed by atoms with Crippen molar-refractivity contribution >= 4 is 5.97 Å². The maximum atomic E-state index is 12.8. The molecule has 6 atom stereocenters. The number of hydrogen-bond donors (Lipinski definition) is 4. The number of carbonyl (C=O) groups is 1. The highest BCUT2D eigenvalue weighted by molar-refractivity contribution is 5.69. The molecule has 9 heteroatoms. The number of ether oxygens (including phenoxy) is 4. The number of aliphatic hydroxyl groups is 4. The normalized spacial score (nSPS) is 20.5. The molecule has 4 N–H and O–H groups in total. The van der Waals surface area contributed by atoms with Crippen molar-refractivity contribution < 1.29 is 44.2 Å². The molecule has 0 aromatic carbocycles. The Morgan fingerprint density at radius 1 is 0.550 bits per heavy atom. The van der Waals surface area contributed by atoms with Gasteiger partial charge in [0.05, 0.1) is 19.8 Å². The van der Waals surface area contributed by atoms with Crippen LogP contribution < -0.4 is 0 Å². The van der Waals surface area contributed by atoms with E-state index in [1.807, 2.05) is 0 Å². The van der Waals surface area contributed by atoms with E-state index in [1.54, 1.807) is 0 Å². The third-order valence-electron chi connectivity index (χ3n) is 10.9.